The maximum Gasteiger partial charge on any atom is 0.432 e. The number of alkyl halides is 3. The van der Waals surface area contributed by atoms with Crippen molar-refractivity contribution in [3.8, 4) is 5.75 Å². The minimum Gasteiger partial charge on any atom is -0.465 e. The number of unbranched alkanes of at least 4 members (excludes halogenated alkanes) is 2. The number of halogens is 3. The lowest BCUT2D eigenvalue weighted by Crippen LogP contribution is -2.35. The fourth-order valence-electron chi connectivity index (χ4n) is 6.35. The lowest BCUT2D eigenvalue weighted by Gasteiger charge is -2.22. The number of hydrogen-bond acceptors (Lipinski definition) is 6. The second-order valence-electron chi connectivity index (χ2n) is 11.7. The second kappa shape index (κ2) is 13.6. The van der Waals surface area contributed by atoms with E-state index >= 15 is 0 Å². The van der Waals surface area contributed by atoms with Gasteiger partial charge in [-0.15, -0.1) is 0 Å². The maximum absolute atomic E-state index is 14.5. The fraction of sp³-hybridized carbons (Fsp3) is 0.441. The van der Waals surface area contributed by atoms with Gasteiger partial charge < -0.3 is 34.6 Å². The molecule has 0 saturated heterocycles. The van der Waals surface area contributed by atoms with Crippen molar-refractivity contribution < 1.29 is 37.0 Å². The van der Waals surface area contributed by atoms with Gasteiger partial charge in [-0.25, -0.2) is 9.59 Å². The van der Waals surface area contributed by atoms with Gasteiger partial charge in [0.15, 0.2) is 5.75 Å². The van der Waals surface area contributed by atoms with Crippen molar-refractivity contribution in [2.45, 2.75) is 65.0 Å². The van der Waals surface area contributed by atoms with Crippen LogP contribution in [-0.2, 0) is 10.9 Å². The summed E-state index contributed by atoms with van der Waals surface area (Å²) in [5.74, 6) is -2.25. The molecule has 2 aromatic carbocycles. The van der Waals surface area contributed by atoms with Gasteiger partial charge in [0.25, 0.3) is 5.91 Å². The van der Waals surface area contributed by atoms with Crippen LogP contribution in [0.1, 0.15) is 90.9 Å². The SMILES string of the molecule is CCCCCN(CCC)C(=O)Oc1cc2c(c3c(C(=O)OC)c(C(F)(F)F)[nH]c13)[C@H](CC)CN2C(=O)c1cc2cc(NC)ccc2[nH]1. The zero-order chi connectivity index (χ0) is 34.0. The molecule has 47 heavy (non-hydrogen) atoms. The number of ether oxygens (including phenoxy) is 2. The van der Waals surface area contributed by atoms with Crippen molar-refractivity contribution in [1.82, 2.24) is 14.9 Å². The van der Waals surface area contributed by atoms with Gasteiger partial charge in [0, 0.05) is 60.6 Å². The van der Waals surface area contributed by atoms with Gasteiger partial charge in [0.1, 0.15) is 11.4 Å². The molecule has 0 aliphatic carbocycles. The normalized spacial score (nSPS) is 14.5. The van der Waals surface area contributed by atoms with E-state index in [0.29, 0.717) is 31.5 Å². The number of H-pyrrole nitrogens is 2. The molecule has 0 spiro atoms. The number of nitrogens with zero attached hydrogens (tertiary/aromatic N) is 2. The number of carbonyl (C=O) groups is 3. The number of carbonyl (C=O) groups excluding carboxylic acids is 3. The minimum absolute atomic E-state index is 0.0741. The molecule has 1 atom stereocenters. The average molecular weight is 656 g/mol. The summed E-state index contributed by atoms with van der Waals surface area (Å²) in [5.41, 5.74) is 0.325. The van der Waals surface area contributed by atoms with Gasteiger partial charge in [-0.2, -0.15) is 13.2 Å². The Morgan fingerprint density at radius 2 is 1.81 bits per heavy atom. The Balaban J connectivity index is 1.70. The number of benzene rings is 2. The zero-order valence-corrected chi connectivity index (χ0v) is 27.2. The Hall–Kier alpha value is -4.68. The van der Waals surface area contributed by atoms with Crippen LogP contribution in [0, 0.1) is 0 Å². The van der Waals surface area contributed by atoms with Crippen molar-refractivity contribution in [2.24, 2.45) is 0 Å². The first-order valence-corrected chi connectivity index (χ1v) is 15.9. The molecule has 1 aliphatic heterocycles. The van der Waals surface area contributed by atoms with Gasteiger partial charge in [-0.1, -0.05) is 33.6 Å². The molecule has 0 fully saturated rings. The maximum atomic E-state index is 14.5. The van der Waals surface area contributed by atoms with Crippen LogP contribution < -0.4 is 15.0 Å². The van der Waals surface area contributed by atoms with Crippen molar-refractivity contribution in [3.05, 3.63) is 52.8 Å². The van der Waals surface area contributed by atoms with Crippen LogP contribution in [0.3, 0.4) is 0 Å². The number of esters is 1. The molecule has 0 bridgehead atoms. The number of nitrogens with one attached hydrogen (secondary N) is 3. The molecular weight excluding hydrogens is 615 g/mol. The monoisotopic (exact) mass is 655 g/mol. The highest BCUT2D eigenvalue weighted by Gasteiger charge is 2.44. The first-order chi connectivity index (χ1) is 22.5. The van der Waals surface area contributed by atoms with E-state index in [2.05, 4.69) is 15.3 Å². The van der Waals surface area contributed by atoms with E-state index in [9.17, 15) is 27.6 Å². The molecule has 13 heteroatoms. The third kappa shape index (κ3) is 6.35. The summed E-state index contributed by atoms with van der Waals surface area (Å²) < 4.78 is 54.1. The van der Waals surface area contributed by atoms with Crippen LogP contribution in [0.2, 0.25) is 0 Å². The first-order valence-electron chi connectivity index (χ1n) is 15.9. The lowest BCUT2D eigenvalue weighted by atomic mass is 9.92. The van der Waals surface area contributed by atoms with Crippen molar-refractivity contribution in [3.63, 3.8) is 0 Å². The van der Waals surface area contributed by atoms with Gasteiger partial charge in [0.05, 0.1) is 23.9 Å². The zero-order valence-electron chi connectivity index (χ0n) is 27.2. The molecule has 3 heterocycles. The van der Waals surface area contributed by atoms with Crippen LogP contribution in [0.4, 0.5) is 29.3 Å². The van der Waals surface area contributed by atoms with Crippen LogP contribution in [0.25, 0.3) is 21.8 Å². The molecule has 3 N–H and O–H groups in total. The predicted octanol–water partition coefficient (Wildman–Crippen LogP) is 8.05. The molecule has 0 saturated carbocycles. The lowest BCUT2D eigenvalue weighted by molar-refractivity contribution is -0.141. The van der Waals surface area contributed by atoms with E-state index in [0.717, 1.165) is 43.0 Å². The van der Waals surface area contributed by atoms with Crippen LogP contribution in [0.5, 0.6) is 5.75 Å². The molecule has 2 amide bonds. The van der Waals surface area contributed by atoms with E-state index in [1.165, 1.54) is 15.9 Å². The minimum atomic E-state index is -4.96. The number of anilines is 2. The fourth-order valence-corrected chi connectivity index (χ4v) is 6.35. The standard InChI is InChI=1S/C34H40F3N5O5/c1-6-9-10-14-41(13-7-2)33(45)47-25-17-24-26(27-28(32(44)46-5)30(34(35,36)37)40-29(25)27)19(8-3)18-42(24)31(43)23-16-20-15-21(38-4)11-12-22(20)39-23/h11-12,15-17,19,38-40H,6-10,13-14,18H2,1-5H3/t19-/m1/s1. The van der Waals surface area contributed by atoms with Crippen LogP contribution >= 0.6 is 0 Å². The quantitative estimate of drug-likeness (QED) is 0.111. The van der Waals surface area contributed by atoms with Gasteiger partial charge in [0.2, 0.25) is 0 Å². The highest BCUT2D eigenvalue weighted by atomic mass is 19.4. The highest BCUT2D eigenvalue weighted by Crippen LogP contribution is 2.50. The summed E-state index contributed by atoms with van der Waals surface area (Å²) in [6.07, 6.45) is -2.02. The Morgan fingerprint density at radius 1 is 1.04 bits per heavy atom. The summed E-state index contributed by atoms with van der Waals surface area (Å²) in [6, 6.07) is 8.74. The number of methoxy groups -OCH3 is 1. The molecule has 10 nitrogen and oxygen atoms in total. The first kappa shape index (κ1) is 33.7. The average Bonchev–Trinajstić information content (AvgIpc) is 3.76. The summed E-state index contributed by atoms with van der Waals surface area (Å²) >= 11 is 0. The van der Waals surface area contributed by atoms with Crippen molar-refractivity contribution >= 4 is 51.2 Å². The molecule has 4 aromatic rings. The van der Waals surface area contributed by atoms with Crippen molar-refractivity contribution in [2.75, 3.05) is 44.0 Å². The number of hydrogen-bond donors (Lipinski definition) is 3. The number of aromatic amines is 2. The van der Waals surface area contributed by atoms with E-state index in [1.807, 2.05) is 39.0 Å². The van der Waals surface area contributed by atoms with E-state index in [1.54, 1.807) is 13.1 Å². The van der Waals surface area contributed by atoms with Gasteiger partial charge in [-0.3, -0.25) is 4.79 Å². The third-order valence-corrected chi connectivity index (χ3v) is 8.69. The highest BCUT2D eigenvalue weighted by molar-refractivity contribution is 6.15. The smallest absolute Gasteiger partial charge is 0.432 e. The summed E-state index contributed by atoms with van der Waals surface area (Å²) in [6.45, 7) is 6.76. The summed E-state index contributed by atoms with van der Waals surface area (Å²) in [5, 5.41) is 3.79. The molecule has 0 unspecified atom stereocenters. The summed E-state index contributed by atoms with van der Waals surface area (Å²) in [4.78, 5) is 49.2. The van der Waals surface area contributed by atoms with Crippen LogP contribution in [-0.4, -0.2) is 66.6 Å². The van der Waals surface area contributed by atoms with Gasteiger partial charge >= 0.3 is 18.2 Å². The Labute approximate surface area is 270 Å². The van der Waals surface area contributed by atoms with E-state index < -0.39 is 41.3 Å². The van der Waals surface area contributed by atoms with Crippen molar-refractivity contribution in [1.29, 1.82) is 0 Å². The Morgan fingerprint density at radius 3 is 2.45 bits per heavy atom. The molecule has 2 aromatic heterocycles. The third-order valence-electron chi connectivity index (χ3n) is 8.69. The molecule has 252 valence electrons. The van der Waals surface area contributed by atoms with Gasteiger partial charge in [-0.05, 0) is 49.1 Å². The van der Waals surface area contributed by atoms with Crippen LogP contribution in [0.15, 0.2) is 30.3 Å². The second-order valence-corrected chi connectivity index (χ2v) is 11.7. The molecule has 1 aliphatic rings. The number of rotatable bonds is 11. The molecular formula is C34H40F3N5O5. The molecule has 0 radical (unpaired) electrons. The Kier molecular flexibility index (Phi) is 9.73. The van der Waals surface area contributed by atoms with E-state index in [4.69, 9.17) is 9.47 Å². The Bertz CT molecular complexity index is 1810. The number of fused-ring (bicyclic) bond motifs is 4. The number of aromatic nitrogens is 2. The topological polar surface area (TPSA) is 120 Å². The molecule has 5 rings (SSSR count). The largest absolute Gasteiger partial charge is 0.465 e. The predicted molar refractivity (Wildman–Crippen MR) is 175 cm³/mol. The van der Waals surface area contributed by atoms with E-state index in [-0.39, 0.29) is 34.6 Å². The number of amides is 2. The summed E-state index contributed by atoms with van der Waals surface area (Å²) in [7, 11) is 2.80.